The van der Waals surface area contributed by atoms with Crippen LogP contribution in [0.15, 0.2) is 24.3 Å². The quantitative estimate of drug-likeness (QED) is 0.618. The summed E-state index contributed by atoms with van der Waals surface area (Å²) in [6, 6.07) is 6.10. The molecule has 0 aromatic heterocycles. The fraction of sp³-hybridized carbons (Fsp3) is 0.500. The van der Waals surface area contributed by atoms with Crippen molar-refractivity contribution in [3.8, 4) is 0 Å². The van der Waals surface area contributed by atoms with Crippen LogP contribution in [0.3, 0.4) is 0 Å². The summed E-state index contributed by atoms with van der Waals surface area (Å²) < 4.78 is 10.4. The Morgan fingerprint density at radius 3 is 2.63 bits per heavy atom. The number of halogens is 1. The normalized spacial score (nSPS) is 12.5. The van der Waals surface area contributed by atoms with Crippen molar-refractivity contribution >= 4 is 17.6 Å². The van der Waals surface area contributed by atoms with Gasteiger partial charge in [0.2, 0.25) is 0 Å². The van der Waals surface area contributed by atoms with Crippen molar-refractivity contribution < 1.29 is 14.3 Å². The van der Waals surface area contributed by atoms with Crippen LogP contribution in [0.1, 0.15) is 25.5 Å². The maximum absolute atomic E-state index is 11.7. The molecule has 0 saturated carbocycles. The number of hydrogen-bond donors (Lipinski definition) is 1. The molecule has 0 aliphatic carbocycles. The first-order valence-electron chi connectivity index (χ1n) is 6.26. The topological polar surface area (TPSA) is 61.5 Å². The minimum atomic E-state index is -0.862. The molecule has 0 aliphatic heterocycles. The molecular weight excluding hydrogens is 266 g/mol. The summed E-state index contributed by atoms with van der Waals surface area (Å²) in [7, 11) is 0. The minimum absolute atomic E-state index is 0.198. The van der Waals surface area contributed by atoms with Crippen LogP contribution in [0.25, 0.3) is 0 Å². The molecule has 2 N–H and O–H groups in total. The van der Waals surface area contributed by atoms with Gasteiger partial charge in [0.05, 0.1) is 6.61 Å². The van der Waals surface area contributed by atoms with Gasteiger partial charge in [-0.3, -0.25) is 0 Å². The van der Waals surface area contributed by atoms with Gasteiger partial charge in [0, 0.05) is 11.6 Å². The van der Waals surface area contributed by atoms with E-state index < -0.39 is 12.0 Å². The lowest BCUT2D eigenvalue weighted by atomic mass is 10.1. The summed E-state index contributed by atoms with van der Waals surface area (Å²) in [5.41, 5.74) is 6.37. The first kappa shape index (κ1) is 16.0. The first-order valence-corrected chi connectivity index (χ1v) is 6.64. The minimum Gasteiger partial charge on any atom is -0.462 e. The molecule has 0 heterocycles. The Hall–Kier alpha value is -1.10. The molecule has 0 saturated heterocycles. The molecule has 0 radical (unpaired) electrons. The Bertz CT molecular complexity index is 409. The highest BCUT2D eigenvalue weighted by Gasteiger charge is 2.19. The molecule has 1 atom stereocenters. The zero-order chi connectivity index (χ0) is 14.3. The van der Waals surface area contributed by atoms with Gasteiger partial charge in [0.1, 0.15) is 12.6 Å². The Balaban J connectivity index is 2.35. The monoisotopic (exact) mass is 285 g/mol. The fourth-order valence-electron chi connectivity index (χ4n) is 1.46. The van der Waals surface area contributed by atoms with Crippen LogP contribution < -0.4 is 5.73 Å². The Kier molecular flexibility index (Phi) is 6.84. The average Bonchev–Trinajstić information content (AvgIpc) is 2.37. The number of hydrogen-bond acceptors (Lipinski definition) is 4. The van der Waals surface area contributed by atoms with Gasteiger partial charge in [-0.1, -0.05) is 43.6 Å². The molecule has 19 heavy (non-hydrogen) atoms. The SMILES string of the molecule is CC(C)COCCOC(=O)[C@H](N)c1ccccc1Cl. The Morgan fingerprint density at radius 1 is 1.32 bits per heavy atom. The van der Waals surface area contributed by atoms with Crippen molar-refractivity contribution in [2.24, 2.45) is 11.7 Å². The van der Waals surface area contributed by atoms with E-state index in [4.69, 9.17) is 26.8 Å². The molecular formula is C14H20ClNO3. The van der Waals surface area contributed by atoms with Crippen molar-refractivity contribution in [2.45, 2.75) is 19.9 Å². The highest BCUT2D eigenvalue weighted by atomic mass is 35.5. The fourth-order valence-corrected chi connectivity index (χ4v) is 1.72. The molecule has 0 fully saturated rings. The van der Waals surface area contributed by atoms with Crippen molar-refractivity contribution in [3.05, 3.63) is 34.9 Å². The Morgan fingerprint density at radius 2 is 2.00 bits per heavy atom. The van der Waals surface area contributed by atoms with Crippen LogP contribution in [-0.2, 0) is 14.3 Å². The number of esters is 1. The predicted molar refractivity (Wildman–Crippen MR) is 75.0 cm³/mol. The second-order valence-corrected chi connectivity index (χ2v) is 5.04. The highest BCUT2D eigenvalue weighted by molar-refractivity contribution is 6.31. The van der Waals surface area contributed by atoms with Gasteiger partial charge < -0.3 is 15.2 Å². The molecule has 0 spiro atoms. The van der Waals surface area contributed by atoms with Crippen molar-refractivity contribution in [1.29, 1.82) is 0 Å². The maximum atomic E-state index is 11.7. The standard InChI is InChI=1S/C14H20ClNO3/c1-10(2)9-18-7-8-19-14(17)13(16)11-5-3-4-6-12(11)15/h3-6,10,13H,7-9,16H2,1-2H3/t13-/m1/s1. The molecule has 0 amide bonds. The van der Waals surface area contributed by atoms with Gasteiger partial charge in [-0.05, 0) is 17.5 Å². The molecule has 1 rings (SSSR count). The summed E-state index contributed by atoms with van der Waals surface area (Å²) >= 11 is 5.97. The van der Waals surface area contributed by atoms with E-state index in [1.165, 1.54) is 0 Å². The van der Waals surface area contributed by atoms with Gasteiger partial charge >= 0.3 is 5.97 Å². The number of carbonyl (C=O) groups is 1. The second kappa shape index (κ2) is 8.15. The molecule has 0 unspecified atom stereocenters. The predicted octanol–water partition coefficient (Wildman–Crippen LogP) is 2.56. The molecule has 0 bridgehead atoms. The summed E-state index contributed by atoms with van der Waals surface area (Å²) in [6.45, 7) is 5.33. The van der Waals surface area contributed by atoms with E-state index in [1.807, 2.05) is 0 Å². The summed E-state index contributed by atoms with van der Waals surface area (Å²) in [6.07, 6.45) is 0. The highest BCUT2D eigenvalue weighted by Crippen LogP contribution is 2.21. The molecule has 1 aromatic carbocycles. The van der Waals surface area contributed by atoms with Crippen LogP contribution >= 0.6 is 11.6 Å². The van der Waals surface area contributed by atoms with Crippen molar-refractivity contribution in [1.82, 2.24) is 0 Å². The summed E-state index contributed by atoms with van der Waals surface area (Å²) in [5.74, 6) is -0.0395. The lowest BCUT2D eigenvalue weighted by Gasteiger charge is -2.13. The smallest absolute Gasteiger partial charge is 0.327 e. The third-order valence-corrected chi connectivity index (χ3v) is 2.76. The van der Waals surface area contributed by atoms with Gasteiger partial charge in [-0.15, -0.1) is 0 Å². The second-order valence-electron chi connectivity index (χ2n) is 4.64. The average molecular weight is 286 g/mol. The molecule has 5 heteroatoms. The van der Waals surface area contributed by atoms with E-state index >= 15 is 0 Å². The summed E-state index contributed by atoms with van der Waals surface area (Å²) in [5, 5.41) is 0.461. The van der Waals surface area contributed by atoms with Gasteiger partial charge in [-0.2, -0.15) is 0 Å². The van der Waals surface area contributed by atoms with Crippen LogP contribution in [0.2, 0.25) is 5.02 Å². The molecule has 106 valence electrons. The van der Waals surface area contributed by atoms with E-state index in [9.17, 15) is 4.79 Å². The lowest BCUT2D eigenvalue weighted by Crippen LogP contribution is -2.25. The maximum Gasteiger partial charge on any atom is 0.327 e. The van der Waals surface area contributed by atoms with E-state index in [0.29, 0.717) is 29.7 Å². The number of nitrogens with two attached hydrogens (primary N) is 1. The lowest BCUT2D eigenvalue weighted by molar-refractivity contribution is -0.147. The summed E-state index contributed by atoms with van der Waals surface area (Å²) in [4.78, 5) is 11.7. The van der Waals surface area contributed by atoms with E-state index in [1.54, 1.807) is 24.3 Å². The van der Waals surface area contributed by atoms with Crippen LogP contribution in [0.4, 0.5) is 0 Å². The van der Waals surface area contributed by atoms with E-state index in [2.05, 4.69) is 13.8 Å². The number of rotatable bonds is 7. The largest absolute Gasteiger partial charge is 0.462 e. The molecule has 1 aromatic rings. The molecule has 0 aliphatic rings. The van der Waals surface area contributed by atoms with Gasteiger partial charge in [0.15, 0.2) is 0 Å². The van der Waals surface area contributed by atoms with Crippen LogP contribution in [0.5, 0.6) is 0 Å². The number of carbonyl (C=O) groups excluding carboxylic acids is 1. The van der Waals surface area contributed by atoms with Gasteiger partial charge in [0.25, 0.3) is 0 Å². The first-order chi connectivity index (χ1) is 9.02. The third-order valence-electron chi connectivity index (χ3n) is 2.42. The third kappa shape index (κ3) is 5.59. The Labute approximate surface area is 118 Å². The van der Waals surface area contributed by atoms with E-state index in [-0.39, 0.29) is 6.61 Å². The van der Waals surface area contributed by atoms with Crippen LogP contribution in [-0.4, -0.2) is 25.8 Å². The zero-order valence-corrected chi connectivity index (χ0v) is 12.0. The van der Waals surface area contributed by atoms with E-state index in [0.717, 1.165) is 0 Å². The van der Waals surface area contributed by atoms with Gasteiger partial charge in [-0.25, -0.2) is 4.79 Å². The van der Waals surface area contributed by atoms with Crippen molar-refractivity contribution in [2.75, 3.05) is 19.8 Å². The number of benzene rings is 1. The zero-order valence-electron chi connectivity index (χ0n) is 11.3. The van der Waals surface area contributed by atoms with Crippen LogP contribution in [0, 0.1) is 5.92 Å². The number of ether oxygens (including phenoxy) is 2. The molecule has 4 nitrogen and oxygen atoms in total. The van der Waals surface area contributed by atoms with Crippen molar-refractivity contribution in [3.63, 3.8) is 0 Å².